The Bertz CT molecular complexity index is 972. The van der Waals surface area contributed by atoms with Crippen LogP contribution in [0.5, 0.6) is 5.75 Å². The van der Waals surface area contributed by atoms with E-state index in [0.717, 1.165) is 40.3 Å². The van der Waals surface area contributed by atoms with Gasteiger partial charge in [0.15, 0.2) is 4.80 Å². The Morgan fingerprint density at radius 1 is 1.29 bits per heavy atom. The highest BCUT2D eigenvalue weighted by atomic mass is 35.5. The number of benzene rings is 1. The number of nitrogens with zero attached hydrogens (tertiary/aromatic N) is 2. The number of aryl methyl sites for hydroxylation is 1. The van der Waals surface area contributed by atoms with Gasteiger partial charge in [-0.1, -0.05) is 41.5 Å². The number of aromatic nitrogens is 1. The normalized spacial score (nSPS) is 12.1. The van der Waals surface area contributed by atoms with Crippen molar-refractivity contribution in [3.63, 3.8) is 0 Å². The number of carbonyl (C=O) groups is 1. The average Bonchev–Trinajstić information content (AvgIpc) is 3.07. The van der Waals surface area contributed by atoms with Gasteiger partial charge >= 0.3 is 0 Å². The Morgan fingerprint density at radius 3 is 2.71 bits per heavy atom. The molecular formula is C16H14Cl2N2O2S2. The number of hydrogen-bond acceptors (Lipinski definition) is 4. The molecule has 0 atom stereocenters. The third-order valence-electron chi connectivity index (χ3n) is 3.42. The van der Waals surface area contributed by atoms with E-state index in [0.29, 0.717) is 19.0 Å². The van der Waals surface area contributed by atoms with Crippen LogP contribution < -0.4 is 9.54 Å². The summed E-state index contributed by atoms with van der Waals surface area (Å²) < 4.78 is 9.16. The summed E-state index contributed by atoms with van der Waals surface area (Å²) in [6.45, 7) is 2.86. The van der Waals surface area contributed by atoms with E-state index in [1.54, 1.807) is 13.2 Å². The molecule has 1 amide bonds. The van der Waals surface area contributed by atoms with E-state index in [-0.39, 0.29) is 5.91 Å². The zero-order chi connectivity index (χ0) is 17.3. The zero-order valence-electron chi connectivity index (χ0n) is 13.0. The maximum absolute atomic E-state index is 12.5. The van der Waals surface area contributed by atoms with Crippen LogP contribution in [0.2, 0.25) is 8.67 Å². The molecule has 8 heteroatoms. The minimum atomic E-state index is -0.383. The number of ether oxygens (including phenoxy) is 1. The van der Waals surface area contributed by atoms with Gasteiger partial charge in [0.2, 0.25) is 0 Å². The molecule has 0 fully saturated rings. The second kappa shape index (κ2) is 7.27. The molecule has 126 valence electrons. The van der Waals surface area contributed by atoms with Crippen molar-refractivity contribution in [3.05, 3.63) is 43.3 Å². The minimum absolute atomic E-state index is 0.338. The Morgan fingerprint density at radius 2 is 2.08 bits per heavy atom. The SMILES string of the molecule is CCCn1c(=NC(=O)c2cc(Cl)sc2Cl)sc2cc(OC)ccc21. The third kappa shape index (κ3) is 3.37. The monoisotopic (exact) mass is 400 g/mol. The van der Waals surface area contributed by atoms with Crippen LogP contribution in [-0.2, 0) is 6.54 Å². The maximum atomic E-state index is 12.5. The first-order valence-electron chi connectivity index (χ1n) is 7.24. The van der Waals surface area contributed by atoms with Gasteiger partial charge in [-0.05, 0) is 30.7 Å². The number of amides is 1. The Balaban J connectivity index is 2.14. The molecule has 0 spiro atoms. The molecule has 3 aromatic rings. The summed E-state index contributed by atoms with van der Waals surface area (Å²) in [5.74, 6) is 0.393. The predicted molar refractivity (Wildman–Crippen MR) is 101 cm³/mol. The van der Waals surface area contributed by atoms with Crippen LogP contribution >= 0.6 is 45.9 Å². The fraction of sp³-hybridized carbons (Fsp3) is 0.250. The quantitative estimate of drug-likeness (QED) is 0.601. The second-order valence-electron chi connectivity index (χ2n) is 5.02. The fourth-order valence-corrected chi connectivity index (χ4v) is 4.87. The summed E-state index contributed by atoms with van der Waals surface area (Å²) >= 11 is 14.6. The van der Waals surface area contributed by atoms with Gasteiger partial charge < -0.3 is 9.30 Å². The largest absolute Gasteiger partial charge is 0.497 e. The molecule has 0 saturated heterocycles. The van der Waals surface area contributed by atoms with Crippen LogP contribution in [-0.4, -0.2) is 17.6 Å². The van der Waals surface area contributed by atoms with Crippen LogP contribution in [0.1, 0.15) is 23.7 Å². The van der Waals surface area contributed by atoms with Crippen molar-refractivity contribution in [2.24, 2.45) is 4.99 Å². The van der Waals surface area contributed by atoms with E-state index in [4.69, 9.17) is 27.9 Å². The van der Waals surface area contributed by atoms with Crippen molar-refractivity contribution < 1.29 is 9.53 Å². The van der Waals surface area contributed by atoms with E-state index in [1.807, 2.05) is 22.8 Å². The van der Waals surface area contributed by atoms with Crippen molar-refractivity contribution in [3.8, 4) is 5.75 Å². The molecule has 0 radical (unpaired) electrons. The smallest absolute Gasteiger partial charge is 0.282 e. The lowest BCUT2D eigenvalue weighted by molar-refractivity contribution is 0.0998. The van der Waals surface area contributed by atoms with Crippen LogP contribution in [0.25, 0.3) is 10.2 Å². The van der Waals surface area contributed by atoms with Crippen molar-refractivity contribution >= 4 is 62.0 Å². The van der Waals surface area contributed by atoms with Gasteiger partial charge in [-0.15, -0.1) is 11.3 Å². The van der Waals surface area contributed by atoms with Crippen LogP contribution in [0, 0.1) is 0 Å². The van der Waals surface area contributed by atoms with Crippen molar-refractivity contribution in [1.29, 1.82) is 0 Å². The van der Waals surface area contributed by atoms with Gasteiger partial charge in [0, 0.05) is 6.54 Å². The molecule has 3 rings (SSSR count). The summed E-state index contributed by atoms with van der Waals surface area (Å²) in [5.41, 5.74) is 1.37. The number of thiophene rings is 1. The van der Waals surface area contributed by atoms with Gasteiger partial charge in [-0.3, -0.25) is 4.79 Å². The lowest BCUT2D eigenvalue weighted by Crippen LogP contribution is -2.16. The highest BCUT2D eigenvalue weighted by Gasteiger charge is 2.15. The lowest BCUT2D eigenvalue weighted by atomic mass is 10.3. The van der Waals surface area contributed by atoms with Crippen LogP contribution in [0.15, 0.2) is 29.3 Å². The van der Waals surface area contributed by atoms with Crippen molar-refractivity contribution in [2.75, 3.05) is 7.11 Å². The topological polar surface area (TPSA) is 43.6 Å². The summed E-state index contributed by atoms with van der Waals surface area (Å²) in [4.78, 5) is 17.4. The molecule has 1 aromatic carbocycles. The van der Waals surface area contributed by atoms with Gasteiger partial charge in [0.25, 0.3) is 5.91 Å². The molecular weight excluding hydrogens is 387 g/mol. The van der Waals surface area contributed by atoms with Gasteiger partial charge in [0.05, 0.1) is 27.2 Å². The van der Waals surface area contributed by atoms with Crippen LogP contribution in [0.4, 0.5) is 0 Å². The highest BCUT2D eigenvalue weighted by Crippen LogP contribution is 2.31. The summed E-state index contributed by atoms with van der Waals surface area (Å²) in [7, 11) is 1.63. The van der Waals surface area contributed by atoms with Crippen molar-refractivity contribution in [1.82, 2.24) is 4.57 Å². The Kier molecular flexibility index (Phi) is 5.30. The first kappa shape index (κ1) is 17.5. The highest BCUT2D eigenvalue weighted by molar-refractivity contribution is 7.20. The van der Waals surface area contributed by atoms with Crippen LogP contribution in [0.3, 0.4) is 0 Å². The van der Waals surface area contributed by atoms with E-state index in [2.05, 4.69) is 11.9 Å². The molecule has 0 bridgehead atoms. The number of hydrogen-bond donors (Lipinski definition) is 0. The number of rotatable bonds is 4. The van der Waals surface area contributed by atoms with E-state index in [9.17, 15) is 4.79 Å². The van der Waals surface area contributed by atoms with Gasteiger partial charge in [0.1, 0.15) is 10.1 Å². The van der Waals surface area contributed by atoms with Gasteiger partial charge in [-0.25, -0.2) is 0 Å². The Hall–Kier alpha value is -1.34. The third-order valence-corrected chi connectivity index (χ3v) is 5.95. The molecule has 0 N–H and O–H groups in total. The summed E-state index contributed by atoms with van der Waals surface area (Å²) in [5, 5.41) is 0. The number of methoxy groups -OCH3 is 1. The summed E-state index contributed by atoms with van der Waals surface area (Å²) in [6, 6.07) is 7.39. The number of halogens is 2. The average molecular weight is 401 g/mol. The second-order valence-corrected chi connectivity index (χ2v) is 8.32. The maximum Gasteiger partial charge on any atom is 0.282 e. The zero-order valence-corrected chi connectivity index (χ0v) is 16.2. The number of carbonyl (C=O) groups excluding carboxylic acids is 1. The fourth-order valence-electron chi connectivity index (χ4n) is 2.34. The Labute approximate surface area is 156 Å². The molecule has 2 heterocycles. The number of thiazole rings is 1. The molecule has 24 heavy (non-hydrogen) atoms. The minimum Gasteiger partial charge on any atom is -0.497 e. The summed E-state index contributed by atoms with van der Waals surface area (Å²) in [6.07, 6.45) is 0.935. The van der Waals surface area contributed by atoms with E-state index >= 15 is 0 Å². The standard InChI is InChI=1S/C16H14Cl2N2O2S2/c1-3-6-20-11-5-4-9(22-2)7-12(11)23-16(20)19-15(21)10-8-13(17)24-14(10)18/h4-5,7-8H,3,6H2,1-2H3. The van der Waals surface area contributed by atoms with Gasteiger partial charge in [-0.2, -0.15) is 4.99 Å². The first-order chi connectivity index (χ1) is 11.5. The molecule has 0 aliphatic carbocycles. The molecule has 2 aromatic heterocycles. The van der Waals surface area contributed by atoms with Crippen molar-refractivity contribution in [2.45, 2.75) is 19.9 Å². The van der Waals surface area contributed by atoms with E-state index < -0.39 is 0 Å². The predicted octanol–water partition coefficient (Wildman–Crippen LogP) is 5.23. The molecule has 0 unspecified atom stereocenters. The lowest BCUT2D eigenvalue weighted by Gasteiger charge is -2.03. The molecule has 0 aliphatic heterocycles. The molecule has 0 saturated carbocycles. The molecule has 0 aliphatic rings. The molecule has 4 nitrogen and oxygen atoms in total. The number of fused-ring (bicyclic) bond motifs is 1. The first-order valence-corrected chi connectivity index (χ1v) is 9.63. The van der Waals surface area contributed by atoms with E-state index in [1.165, 1.54) is 11.3 Å².